The molecule has 1 aromatic rings. The first-order valence-corrected chi connectivity index (χ1v) is 6.37. The van der Waals surface area contributed by atoms with Crippen LogP contribution in [0.15, 0.2) is 18.2 Å². The van der Waals surface area contributed by atoms with E-state index >= 15 is 0 Å². The molecule has 0 heterocycles. The van der Waals surface area contributed by atoms with Gasteiger partial charge in [-0.1, -0.05) is 26.8 Å². The Morgan fingerprint density at radius 3 is 2.53 bits per heavy atom. The third-order valence-electron chi connectivity index (χ3n) is 3.34. The second-order valence-electron chi connectivity index (χ2n) is 5.17. The van der Waals surface area contributed by atoms with Crippen molar-refractivity contribution in [1.82, 2.24) is 5.32 Å². The number of hydrogen-bond acceptors (Lipinski definition) is 2. The lowest BCUT2D eigenvalue weighted by Gasteiger charge is -2.27. The lowest BCUT2D eigenvalue weighted by molar-refractivity contribution is 0.412. The van der Waals surface area contributed by atoms with Crippen LogP contribution in [0.25, 0.3) is 0 Å². The van der Waals surface area contributed by atoms with Gasteiger partial charge in [0.25, 0.3) is 0 Å². The topological polar surface area (TPSA) is 21.3 Å². The zero-order chi connectivity index (χ0) is 12.9. The highest BCUT2D eigenvalue weighted by molar-refractivity contribution is 5.38. The molecule has 0 aliphatic carbocycles. The van der Waals surface area contributed by atoms with E-state index in [2.05, 4.69) is 51.2 Å². The minimum absolute atomic E-state index is 0.207. The van der Waals surface area contributed by atoms with E-state index in [-0.39, 0.29) is 5.41 Å². The van der Waals surface area contributed by atoms with Gasteiger partial charge in [-0.05, 0) is 55.1 Å². The lowest BCUT2D eigenvalue weighted by atomic mass is 9.79. The number of ether oxygens (including phenoxy) is 1. The van der Waals surface area contributed by atoms with Crippen LogP contribution in [0.4, 0.5) is 0 Å². The number of aryl methyl sites for hydroxylation is 1. The summed E-state index contributed by atoms with van der Waals surface area (Å²) in [7, 11) is 1.71. The summed E-state index contributed by atoms with van der Waals surface area (Å²) in [6.45, 7) is 11.0. The molecule has 96 valence electrons. The molecule has 1 aromatic carbocycles. The summed E-state index contributed by atoms with van der Waals surface area (Å²) >= 11 is 0. The van der Waals surface area contributed by atoms with Crippen LogP contribution in [0.1, 0.15) is 38.3 Å². The average molecular weight is 235 g/mol. The number of nitrogens with one attached hydrogen (secondary N) is 1. The van der Waals surface area contributed by atoms with Crippen LogP contribution in [-0.2, 0) is 5.41 Å². The lowest BCUT2D eigenvalue weighted by Crippen LogP contribution is -2.26. The van der Waals surface area contributed by atoms with Gasteiger partial charge >= 0.3 is 0 Å². The van der Waals surface area contributed by atoms with Gasteiger partial charge in [0.15, 0.2) is 0 Å². The molecule has 0 bridgehead atoms. The summed E-state index contributed by atoms with van der Waals surface area (Å²) in [6, 6.07) is 6.36. The van der Waals surface area contributed by atoms with E-state index in [1.807, 2.05) is 0 Å². The van der Waals surface area contributed by atoms with Crippen molar-refractivity contribution < 1.29 is 4.74 Å². The predicted molar refractivity (Wildman–Crippen MR) is 73.9 cm³/mol. The molecule has 0 aliphatic heterocycles. The smallest absolute Gasteiger partial charge is 0.119 e. The molecule has 1 N–H and O–H groups in total. The highest BCUT2D eigenvalue weighted by Gasteiger charge is 2.21. The van der Waals surface area contributed by atoms with Gasteiger partial charge in [0.2, 0.25) is 0 Å². The highest BCUT2D eigenvalue weighted by Crippen LogP contribution is 2.31. The molecule has 0 spiro atoms. The fourth-order valence-electron chi connectivity index (χ4n) is 2.23. The summed E-state index contributed by atoms with van der Waals surface area (Å²) in [5, 5.41) is 3.39. The van der Waals surface area contributed by atoms with Crippen molar-refractivity contribution in [3.05, 3.63) is 29.3 Å². The molecular weight excluding hydrogens is 210 g/mol. The molecule has 0 fully saturated rings. The Bertz CT molecular complexity index is 358. The minimum Gasteiger partial charge on any atom is -0.497 e. The molecule has 1 rings (SSSR count). The minimum atomic E-state index is 0.207. The maximum absolute atomic E-state index is 5.25. The van der Waals surface area contributed by atoms with Crippen molar-refractivity contribution in [3.8, 4) is 5.75 Å². The van der Waals surface area contributed by atoms with Gasteiger partial charge in [-0.25, -0.2) is 0 Å². The number of methoxy groups -OCH3 is 1. The first-order valence-electron chi connectivity index (χ1n) is 6.37. The van der Waals surface area contributed by atoms with Crippen LogP contribution in [-0.4, -0.2) is 20.2 Å². The van der Waals surface area contributed by atoms with Gasteiger partial charge < -0.3 is 10.1 Å². The van der Waals surface area contributed by atoms with Crippen LogP contribution >= 0.6 is 0 Å². The van der Waals surface area contributed by atoms with Gasteiger partial charge in [0, 0.05) is 0 Å². The molecule has 0 atom stereocenters. The fraction of sp³-hybridized carbons (Fsp3) is 0.600. The van der Waals surface area contributed by atoms with Crippen LogP contribution in [0, 0.1) is 6.92 Å². The normalized spacial score (nSPS) is 11.6. The Morgan fingerprint density at radius 2 is 2.00 bits per heavy atom. The third kappa shape index (κ3) is 3.74. The number of benzene rings is 1. The van der Waals surface area contributed by atoms with Gasteiger partial charge in [-0.15, -0.1) is 0 Å². The Kier molecular flexibility index (Phi) is 5.01. The first kappa shape index (κ1) is 14.0. The third-order valence-corrected chi connectivity index (χ3v) is 3.34. The van der Waals surface area contributed by atoms with E-state index in [1.54, 1.807) is 7.11 Å². The second kappa shape index (κ2) is 6.06. The van der Waals surface area contributed by atoms with Gasteiger partial charge in [-0.2, -0.15) is 0 Å². The van der Waals surface area contributed by atoms with Crippen LogP contribution in [0.2, 0.25) is 0 Å². The molecule has 2 nitrogen and oxygen atoms in total. The van der Waals surface area contributed by atoms with Crippen molar-refractivity contribution in [3.63, 3.8) is 0 Å². The van der Waals surface area contributed by atoms with Gasteiger partial charge in [0.1, 0.15) is 5.75 Å². The van der Waals surface area contributed by atoms with Crippen molar-refractivity contribution >= 4 is 0 Å². The van der Waals surface area contributed by atoms with E-state index < -0.39 is 0 Å². The molecule has 0 unspecified atom stereocenters. The first-order chi connectivity index (χ1) is 8.01. The molecule has 0 amide bonds. The van der Waals surface area contributed by atoms with Crippen molar-refractivity contribution in [2.45, 2.75) is 39.5 Å². The Balaban J connectivity index is 2.82. The monoisotopic (exact) mass is 235 g/mol. The van der Waals surface area contributed by atoms with Crippen LogP contribution in [0.5, 0.6) is 5.75 Å². The molecule has 0 saturated heterocycles. The Labute approximate surface area is 105 Å². The van der Waals surface area contributed by atoms with E-state index in [0.717, 1.165) is 25.3 Å². The van der Waals surface area contributed by atoms with Crippen molar-refractivity contribution in [2.75, 3.05) is 20.2 Å². The van der Waals surface area contributed by atoms with Crippen LogP contribution < -0.4 is 10.1 Å². The number of hydrogen-bond donors (Lipinski definition) is 1. The van der Waals surface area contributed by atoms with E-state index in [0.29, 0.717) is 0 Å². The van der Waals surface area contributed by atoms with Crippen molar-refractivity contribution in [1.29, 1.82) is 0 Å². The summed E-state index contributed by atoms with van der Waals surface area (Å²) in [5.74, 6) is 0.939. The average Bonchev–Trinajstić information content (AvgIpc) is 2.28. The molecule has 0 aromatic heterocycles. The standard InChI is InChI=1S/C15H25NO/c1-6-16-10-9-15(3,4)14-8-7-13(17-5)11-12(14)2/h7-8,11,16H,6,9-10H2,1-5H3. The summed E-state index contributed by atoms with van der Waals surface area (Å²) in [4.78, 5) is 0. The van der Waals surface area contributed by atoms with Crippen molar-refractivity contribution in [2.24, 2.45) is 0 Å². The SMILES string of the molecule is CCNCCC(C)(C)c1ccc(OC)cc1C. The molecule has 0 radical (unpaired) electrons. The highest BCUT2D eigenvalue weighted by atomic mass is 16.5. The van der Waals surface area contributed by atoms with Gasteiger partial charge in [-0.3, -0.25) is 0 Å². The van der Waals surface area contributed by atoms with E-state index in [4.69, 9.17) is 4.74 Å². The maximum Gasteiger partial charge on any atom is 0.119 e. The molecule has 17 heavy (non-hydrogen) atoms. The second-order valence-corrected chi connectivity index (χ2v) is 5.17. The Morgan fingerprint density at radius 1 is 1.29 bits per heavy atom. The van der Waals surface area contributed by atoms with E-state index in [9.17, 15) is 0 Å². The molecule has 2 heteroatoms. The Hall–Kier alpha value is -1.02. The molecule has 0 saturated carbocycles. The number of rotatable bonds is 6. The van der Waals surface area contributed by atoms with E-state index in [1.165, 1.54) is 11.1 Å². The molecular formula is C15H25NO. The van der Waals surface area contributed by atoms with Crippen LogP contribution in [0.3, 0.4) is 0 Å². The molecule has 0 aliphatic rings. The summed E-state index contributed by atoms with van der Waals surface area (Å²) in [6.07, 6.45) is 1.15. The predicted octanol–water partition coefficient (Wildman–Crippen LogP) is 3.28. The fourth-order valence-corrected chi connectivity index (χ4v) is 2.23. The summed E-state index contributed by atoms with van der Waals surface area (Å²) < 4.78 is 5.25. The largest absolute Gasteiger partial charge is 0.497 e. The zero-order valence-corrected chi connectivity index (χ0v) is 11.8. The van der Waals surface area contributed by atoms with Gasteiger partial charge in [0.05, 0.1) is 7.11 Å². The maximum atomic E-state index is 5.25. The quantitative estimate of drug-likeness (QED) is 0.764. The summed E-state index contributed by atoms with van der Waals surface area (Å²) in [5.41, 5.74) is 2.93. The zero-order valence-electron chi connectivity index (χ0n) is 11.8.